The van der Waals surface area contributed by atoms with E-state index in [-0.39, 0.29) is 11.5 Å². The summed E-state index contributed by atoms with van der Waals surface area (Å²) in [4.78, 5) is 0. The Bertz CT molecular complexity index is 985. The van der Waals surface area contributed by atoms with Crippen LogP contribution in [0.25, 0.3) is 5.76 Å². The van der Waals surface area contributed by atoms with E-state index in [4.69, 9.17) is 10.5 Å². The van der Waals surface area contributed by atoms with Crippen molar-refractivity contribution in [2.24, 2.45) is 5.73 Å². The number of benzene rings is 2. The first-order chi connectivity index (χ1) is 12.1. The van der Waals surface area contributed by atoms with Crippen LogP contribution in [0, 0.1) is 23.0 Å². The smallest absolute Gasteiger partial charge is 0.205 e. The van der Waals surface area contributed by atoms with Gasteiger partial charge in [-0.3, -0.25) is 0 Å². The van der Waals surface area contributed by atoms with Crippen LogP contribution in [0.5, 0.6) is 0 Å². The zero-order valence-electron chi connectivity index (χ0n) is 13.2. The highest BCUT2D eigenvalue weighted by Crippen LogP contribution is 2.47. The fourth-order valence-electron chi connectivity index (χ4n) is 3.57. The summed E-state index contributed by atoms with van der Waals surface area (Å²) in [6, 6.07) is 13.6. The number of allylic oxidation sites excluding steroid dienone is 2. The molecule has 25 heavy (non-hydrogen) atoms. The van der Waals surface area contributed by atoms with Crippen molar-refractivity contribution in [2.45, 2.75) is 18.8 Å². The van der Waals surface area contributed by atoms with Gasteiger partial charge in [-0.1, -0.05) is 30.3 Å². The average molecular weight is 336 g/mol. The Labute approximate surface area is 143 Å². The minimum absolute atomic E-state index is 0.00712. The molecule has 4 rings (SSSR count). The van der Waals surface area contributed by atoms with Crippen LogP contribution >= 0.6 is 0 Å². The lowest BCUT2D eigenvalue weighted by Gasteiger charge is -2.33. The molecular weight excluding hydrogens is 322 g/mol. The Morgan fingerprint density at radius 1 is 1.08 bits per heavy atom. The number of rotatable bonds is 1. The van der Waals surface area contributed by atoms with Gasteiger partial charge in [0, 0.05) is 11.5 Å². The van der Waals surface area contributed by atoms with E-state index in [1.54, 1.807) is 0 Å². The third kappa shape index (κ3) is 2.38. The van der Waals surface area contributed by atoms with Crippen molar-refractivity contribution in [3.8, 4) is 6.07 Å². The Balaban J connectivity index is 1.93. The first kappa shape index (κ1) is 15.4. The Kier molecular flexibility index (Phi) is 3.54. The molecule has 2 aromatic rings. The molecule has 0 amide bonds. The molecule has 0 bridgehead atoms. The Morgan fingerprint density at radius 3 is 2.64 bits per heavy atom. The van der Waals surface area contributed by atoms with Crippen molar-refractivity contribution in [1.29, 1.82) is 5.26 Å². The van der Waals surface area contributed by atoms with E-state index in [1.807, 2.05) is 24.3 Å². The Hall–Kier alpha value is -3.13. The second kappa shape index (κ2) is 5.75. The summed E-state index contributed by atoms with van der Waals surface area (Å²) in [5.41, 5.74) is 9.64. The van der Waals surface area contributed by atoms with Gasteiger partial charge in [0.2, 0.25) is 5.88 Å². The maximum atomic E-state index is 13.8. The minimum atomic E-state index is -0.946. The lowest BCUT2D eigenvalue weighted by molar-refractivity contribution is 0.349. The third-order valence-electron chi connectivity index (χ3n) is 4.73. The first-order valence-electron chi connectivity index (χ1n) is 7.94. The molecule has 1 aliphatic carbocycles. The molecule has 0 saturated carbocycles. The monoisotopic (exact) mass is 336 g/mol. The number of fused-ring (bicyclic) bond motifs is 2. The molecule has 1 heterocycles. The van der Waals surface area contributed by atoms with Gasteiger partial charge in [0.05, 0.1) is 0 Å². The normalized spacial score (nSPS) is 19.0. The molecule has 1 atom stereocenters. The van der Waals surface area contributed by atoms with Crippen LogP contribution in [0.3, 0.4) is 0 Å². The summed E-state index contributed by atoms with van der Waals surface area (Å²) >= 11 is 0. The Morgan fingerprint density at radius 2 is 1.88 bits per heavy atom. The molecular formula is C20H14F2N2O. The lowest BCUT2D eigenvalue weighted by Crippen LogP contribution is -2.23. The fraction of sp³-hybridized carbons (Fsp3) is 0.150. The van der Waals surface area contributed by atoms with Gasteiger partial charge in [-0.05, 0) is 41.7 Å². The van der Waals surface area contributed by atoms with Crippen LogP contribution < -0.4 is 5.73 Å². The fourth-order valence-corrected chi connectivity index (χ4v) is 3.57. The van der Waals surface area contributed by atoms with Crippen LogP contribution in [-0.2, 0) is 11.2 Å². The number of hydrogen-bond donors (Lipinski definition) is 1. The van der Waals surface area contributed by atoms with E-state index in [0.717, 1.165) is 35.3 Å². The zero-order valence-corrected chi connectivity index (χ0v) is 13.2. The topological polar surface area (TPSA) is 59.0 Å². The third-order valence-corrected chi connectivity index (χ3v) is 4.73. The molecule has 1 aliphatic heterocycles. The van der Waals surface area contributed by atoms with Crippen molar-refractivity contribution in [2.75, 3.05) is 0 Å². The number of nitriles is 1. The maximum absolute atomic E-state index is 13.8. The predicted molar refractivity (Wildman–Crippen MR) is 88.7 cm³/mol. The SMILES string of the molecule is N#CC1=C(N)OC2=C(CCc3ccccc32)C1c1ccc(F)c(F)c1. The van der Waals surface area contributed by atoms with Crippen LogP contribution in [-0.4, -0.2) is 0 Å². The van der Waals surface area contributed by atoms with Gasteiger partial charge in [-0.25, -0.2) is 8.78 Å². The first-order valence-corrected chi connectivity index (χ1v) is 7.94. The van der Waals surface area contributed by atoms with Crippen molar-refractivity contribution in [3.05, 3.63) is 87.8 Å². The van der Waals surface area contributed by atoms with Crippen molar-refractivity contribution < 1.29 is 13.5 Å². The summed E-state index contributed by atoms with van der Waals surface area (Å²) in [5.74, 6) is -1.77. The van der Waals surface area contributed by atoms with Crippen LogP contribution in [0.4, 0.5) is 8.78 Å². The number of hydrogen-bond acceptors (Lipinski definition) is 3. The van der Waals surface area contributed by atoms with Gasteiger partial charge < -0.3 is 10.5 Å². The van der Waals surface area contributed by atoms with E-state index in [2.05, 4.69) is 6.07 Å². The van der Waals surface area contributed by atoms with Crippen LogP contribution in [0.1, 0.15) is 29.0 Å². The van der Waals surface area contributed by atoms with Gasteiger partial charge in [0.25, 0.3) is 0 Å². The van der Waals surface area contributed by atoms with Gasteiger partial charge in [0.1, 0.15) is 17.4 Å². The average Bonchev–Trinajstić information content (AvgIpc) is 2.63. The summed E-state index contributed by atoms with van der Waals surface area (Å²) in [7, 11) is 0. The predicted octanol–water partition coefficient (Wildman–Crippen LogP) is 4.13. The summed E-state index contributed by atoms with van der Waals surface area (Å²) < 4.78 is 32.9. The number of aryl methyl sites for hydroxylation is 1. The van der Waals surface area contributed by atoms with E-state index >= 15 is 0 Å². The second-order valence-corrected chi connectivity index (χ2v) is 6.11. The highest BCUT2D eigenvalue weighted by molar-refractivity contribution is 5.74. The van der Waals surface area contributed by atoms with E-state index in [1.165, 1.54) is 6.07 Å². The van der Waals surface area contributed by atoms with Crippen molar-refractivity contribution in [3.63, 3.8) is 0 Å². The summed E-state index contributed by atoms with van der Waals surface area (Å²) in [5, 5.41) is 9.54. The second-order valence-electron chi connectivity index (χ2n) is 6.11. The van der Waals surface area contributed by atoms with E-state index < -0.39 is 17.6 Å². The maximum Gasteiger partial charge on any atom is 0.205 e. The number of nitrogens with zero attached hydrogens (tertiary/aromatic N) is 1. The standard InChI is InChI=1S/C20H14F2N2O/c21-16-8-6-12(9-17(16)22)18-14-7-5-11-3-1-2-4-13(11)19(14)25-20(24)15(18)10-23/h1-4,6,8-9,18H,5,7,24H2. The van der Waals surface area contributed by atoms with Crippen molar-refractivity contribution in [1.82, 2.24) is 0 Å². The molecule has 3 nitrogen and oxygen atoms in total. The van der Waals surface area contributed by atoms with Crippen LogP contribution in [0.2, 0.25) is 0 Å². The molecule has 2 aliphatic rings. The lowest BCUT2D eigenvalue weighted by atomic mass is 9.76. The molecule has 0 saturated heterocycles. The molecule has 1 unspecified atom stereocenters. The molecule has 5 heteroatoms. The molecule has 2 aromatic carbocycles. The van der Waals surface area contributed by atoms with Crippen molar-refractivity contribution >= 4 is 5.76 Å². The number of halogens is 2. The molecule has 0 fully saturated rings. The molecule has 124 valence electrons. The van der Waals surface area contributed by atoms with Gasteiger partial charge in [-0.2, -0.15) is 5.26 Å². The van der Waals surface area contributed by atoms with Crippen LogP contribution in [0.15, 0.2) is 59.5 Å². The van der Waals surface area contributed by atoms with E-state index in [0.29, 0.717) is 17.7 Å². The van der Waals surface area contributed by atoms with Gasteiger partial charge in [0.15, 0.2) is 11.6 Å². The molecule has 0 spiro atoms. The molecule has 0 radical (unpaired) electrons. The zero-order chi connectivity index (χ0) is 17.6. The molecule has 0 aromatic heterocycles. The number of nitrogens with two attached hydrogens (primary N) is 1. The highest BCUT2D eigenvalue weighted by Gasteiger charge is 2.36. The highest BCUT2D eigenvalue weighted by atomic mass is 19.2. The van der Waals surface area contributed by atoms with Gasteiger partial charge in [-0.15, -0.1) is 0 Å². The van der Waals surface area contributed by atoms with Gasteiger partial charge >= 0.3 is 0 Å². The summed E-state index contributed by atoms with van der Waals surface area (Å²) in [6.07, 6.45) is 1.45. The molecule has 2 N–H and O–H groups in total. The summed E-state index contributed by atoms with van der Waals surface area (Å²) in [6.45, 7) is 0. The minimum Gasteiger partial charge on any atom is -0.440 e. The quantitative estimate of drug-likeness (QED) is 0.852. The van der Waals surface area contributed by atoms with E-state index in [9.17, 15) is 14.0 Å². The number of ether oxygens (including phenoxy) is 1. The largest absolute Gasteiger partial charge is 0.440 e.